The number of ketones is 2. The Bertz CT molecular complexity index is 306. The number of ether oxygens (including phenoxy) is 2. The summed E-state index contributed by atoms with van der Waals surface area (Å²) in [6.07, 6.45) is -0.311. The van der Waals surface area contributed by atoms with Gasteiger partial charge in [-0.1, -0.05) is 0 Å². The third kappa shape index (κ3) is 5.90. The zero-order valence-corrected chi connectivity index (χ0v) is 9.44. The van der Waals surface area contributed by atoms with Crippen molar-refractivity contribution in [2.24, 2.45) is 0 Å². The van der Waals surface area contributed by atoms with Gasteiger partial charge in [0.1, 0.15) is 6.10 Å². The van der Waals surface area contributed by atoms with Crippen LogP contribution in [0.5, 0.6) is 0 Å². The third-order valence-electron chi connectivity index (χ3n) is 1.64. The van der Waals surface area contributed by atoms with Gasteiger partial charge < -0.3 is 9.47 Å². The van der Waals surface area contributed by atoms with Crippen molar-refractivity contribution in [3.63, 3.8) is 0 Å². The number of hydrogen-bond acceptors (Lipinski definition) is 6. The Hall–Kier alpha value is -1.72. The van der Waals surface area contributed by atoms with Crippen LogP contribution in [0.3, 0.4) is 0 Å². The molecule has 0 bridgehead atoms. The standard InChI is InChI=1S/C10H14O6/c1-6(16-10(14)8(3)12)4-5-15-9(13)7(2)11/h6H,4-5H2,1-3H3. The van der Waals surface area contributed by atoms with Crippen LogP contribution in [-0.2, 0) is 28.7 Å². The van der Waals surface area contributed by atoms with E-state index in [9.17, 15) is 19.2 Å². The zero-order chi connectivity index (χ0) is 12.7. The maximum absolute atomic E-state index is 10.8. The smallest absolute Gasteiger partial charge is 0.374 e. The molecule has 0 fully saturated rings. The highest BCUT2D eigenvalue weighted by Crippen LogP contribution is 1.99. The molecule has 0 rings (SSSR count). The maximum atomic E-state index is 10.8. The minimum atomic E-state index is -0.926. The number of Topliss-reactive ketones (excluding diaryl/α,β-unsaturated/α-hetero) is 2. The molecule has 90 valence electrons. The van der Waals surface area contributed by atoms with Crippen molar-refractivity contribution >= 4 is 23.5 Å². The van der Waals surface area contributed by atoms with Gasteiger partial charge in [-0.3, -0.25) is 9.59 Å². The fourth-order valence-electron chi connectivity index (χ4n) is 0.744. The van der Waals surface area contributed by atoms with Crippen LogP contribution in [0, 0.1) is 0 Å². The molecule has 0 saturated carbocycles. The summed E-state index contributed by atoms with van der Waals surface area (Å²) in [5, 5.41) is 0. The monoisotopic (exact) mass is 230 g/mol. The second kappa shape index (κ2) is 6.71. The molecule has 0 saturated heterocycles. The normalized spacial score (nSPS) is 11.4. The maximum Gasteiger partial charge on any atom is 0.374 e. The first-order valence-electron chi connectivity index (χ1n) is 4.73. The molecule has 0 aromatic carbocycles. The van der Waals surface area contributed by atoms with Crippen LogP contribution in [0.2, 0.25) is 0 Å². The lowest BCUT2D eigenvalue weighted by Crippen LogP contribution is -2.23. The van der Waals surface area contributed by atoms with E-state index in [1.165, 1.54) is 0 Å². The molecule has 6 nitrogen and oxygen atoms in total. The number of carbonyl (C=O) groups excluding carboxylic acids is 4. The summed E-state index contributed by atoms with van der Waals surface area (Å²) in [6, 6.07) is 0. The third-order valence-corrected chi connectivity index (χ3v) is 1.64. The van der Waals surface area contributed by atoms with E-state index in [1.807, 2.05) is 0 Å². The van der Waals surface area contributed by atoms with E-state index in [2.05, 4.69) is 9.47 Å². The highest BCUT2D eigenvalue weighted by atomic mass is 16.6. The lowest BCUT2D eigenvalue weighted by molar-refractivity contribution is -0.158. The highest BCUT2D eigenvalue weighted by Gasteiger charge is 2.15. The Labute approximate surface area is 92.9 Å². The molecule has 6 heteroatoms. The number of rotatable bonds is 6. The molecule has 0 aromatic heterocycles. The number of hydrogen-bond donors (Lipinski definition) is 0. The molecule has 0 spiro atoms. The molecule has 0 amide bonds. The molecule has 1 atom stereocenters. The Balaban J connectivity index is 3.78. The summed E-state index contributed by atoms with van der Waals surface area (Å²) in [4.78, 5) is 42.6. The van der Waals surface area contributed by atoms with Crippen molar-refractivity contribution in [3.8, 4) is 0 Å². The summed E-state index contributed by atoms with van der Waals surface area (Å²) >= 11 is 0. The molecular formula is C10H14O6. The van der Waals surface area contributed by atoms with Gasteiger partial charge >= 0.3 is 11.9 Å². The molecule has 0 heterocycles. The number of esters is 2. The van der Waals surface area contributed by atoms with E-state index in [0.29, 0.717) is 0 Å². The average molecular weight is 230 g/mol. The van der Waals surface area contributed by atoms with Crippen molar-refractivity contribution in [2.45, 2.75) is 33.3 Å². The highest BCUT2D eigenvalue weighted by molar-refractivity contribution is 6.32. The summed E-state index contributed by atoms with van der Waals surface area (Å²) in [5.41, 5.74) is 0. The average Bonchev–Trinajstić information content (AvgIpc) is 2.16. The summed E-state index contributed by atoms with van der Waals surface area (Å²) in [5.74, 6) is -3.23. The van der Waals surface area contributed by atoms with E-state index in [-0.39, 0.29) is 13.0 Å². The molecule has 0 aliphatic heterocycles. The zero-order valence-electron chi connectivity index (χ0n) is 9.44. The van der Waals surface area contributed by atoms with E-state index in [1.54, 1.807) is 6.92 Å². The lowest BCUT2D eigenvalue weighted by Gasteiger charge is -2.11. The summed E-state index contributed by atoms with van der Waals surface area (Å²) in [6.45, 7) is 3.72. The van der Waals surface area contributed by atoms with Gasteiger partial charge in [0.05, 0.1) is 6.61 Å². The fraction of sp³-hybridized carbons (Fsp3) is 0.600. The first-order chi connectivity index (χ1) is 7.34. The molecule has 0 radical (unpaired) electrons. The Morgan fingerprint density at radius 2 is 1.50 bits per heavy atom. The molecular weight excluding hydrogens is 216 g/mol. The van der Waals surface area contributed by atoms with Gasteiger partial charge in [0.15, 0.2) is 0 Å². The molecule has 0 aliphatic carbocycles. The van der Waals surface area contributed by atoms with Gasteiger partial charge in [0.25, 0.3) is 0 Å². The molecule has 1 unspecified atom stereocenters. The van der Waals surface area contributed by atoms with Crippen molar-refractivity contribution in [3.05, 3.63) is 0 Å². The van der Waals surface area contributed by atoms with Crippen molar-refractivity contribution in [1.82, 2.24) is 0 Å². The van der Waals surface area contributed by atoms with Gasteiger partial charge in [0, 0.05) is 20.3 Å². The van der Waals surface area contributed by atoms with Crippen molar-refractivity contribution in [2.75, 3.05) is 6.61 Å². The molecule has 0 aromatic rings. The minimum absolute atomic E-state index is 0.0369. The first kappa shape index (κ1) is 14.3. The quantitative estimate of drug-likeness (QED) is 0.472. The number of carbonyl (C=O) groups is 4. The Morgan fingerprint density at radius 3 is 1.94 bits per heavy atom. The summed E-state index contributed by atoms with van der Waals surface area (Å²) < 4.78 is 9.24. The second-order valence-corrected chi connectivity index (χ2v) is 3.25. The van der Waals surface area contributed by atoms with E-state index in [4.69, 9.17) is 0 Å². The van der Waals surface area contributed by atoms with Gasteiger partial charge in [-0.05, 0) is 6.92 Å². The van der Waals surface area contributed by atoms with E-state index >= 15 is 0 Å². The van der Waals surface area contributed by atoms with Crippen molar-refractivity contribution in [1.29, 1.82) is 0 Å². The predicted octanol–water partition coefficient (Wildman–Crippen LogP) is 0.0294. The SMILES string of the molecule is CC(=O)C(=O)OCCC(C)OC(=O)C(C)=O. The molecule has 0 aliphatic rings. The lowest BCUT2D eigenvalue weighted by atomic mass is 10.3. The predicted molar refractivity (Wildman–Crippen MR) is 52.5 cm³/mol. The van der Waals surface area contributed by atoms with Gasteiger partial charge in [-0.15, -0.1) is 0 Å². The van der Waals surface area contributed by atoms with Crippen LogP contribution in [0.25, 0.3) is 0 Å². The fourth-order valence-corrected chi connectivity index (χ4v) is 0.744. The largest absolute Gasteiger partial charge is 0.460 e. The van der Waals surface area contributed by atoms with Gasteiger partial charge in [-0.2, -0.15) is 0 Å². The van der Waals surface area contributed by atoms with Crippen LogP contribution < -0.4 is 0 Å². The topological polar surface area (TPSA) is 86.7 Å². The second-order valence-electron chi connectivity index (χ2n) is 3.25. The van der Waals surface area contributed by atoms with Gasteiger partial charge in [-0.25, -0.2) is 9.59 Å². The molecule has 16 heavy (non-hydrogen) atoms. The Morgan fingerprint density at radius 1 is 1.00 bits per heavy atom. The first-order valence-corrected chi connectivity index (χ1v) is 4.73. The van der Waals surface area contributed by atoms with Crippen LogP contribution in [0.4, 0.5) is 0 Å². The van der Waals surface area contributed by atoms with Crippen LogP contribution in [-0.4, -0.2) is 36.2 Å². The van der Waals surface area contributed by atoms with Crippen LogP contribution >= 0.6 is 0 Å². The van der Waals surface area contributed by atoms with Crippen molar-refractivity contribution < 1.29 is 28.7 Å². The summed E-state index contributed by atoms with van der Waals surface area (Å²) in [7, 11) is 0. The van der Waals surface area contributed by atoms with E-state index in [0.717, 1.165) is 13.8 Å². The minimum Gasteiger partial charge on any atom is -0.460 e. The molecule has 0 N–H and O–H groups in total. The Kier molecular flexibility index (Phi) is 5.99. The van der Waals surface area contributed by atoms with Crippen LogP contribution in [0.15, 0.2) is 0 Å². The van der Waals surface area contributed by atoms with Gasteiger partial charge in [0.2, 0.25) is 11.6 Å². The van der Waals surface area contributed by atoms with E-state index < -0.39 is 29.6 Å². The van der Waals surface area contributed by atoms with Crippen LogP contribution in [0.1, 0.15) is 27.2 Å².